The van der Waals surface area contributed by atoms with Crippen LogP contribution in [0.15, 0.2) is 6.08 Å². The standard InChI is InChI=1S/C9H13N5O2/c1-6(9(15)16)14-4-2-3-7(5-14)8-10-12-13-11-8/h3,6H,2,4-5H2,1H3,(H,15,16)(H,10,11,12,13). The summed E-state index contributed by atoms with van der Waals surface area (Å²) < 4.78 is 0. The molecular weight excluding hydrogens is 210 g/mol. The maximum atomic E-state index is 10.9. The van der Waals surface area contributed by atoms with Crippen LogP contribution in [0, 0.1) is 0 Å². The lowest BCUT2D eigenvalue weighted by Gasteiger charge is -2.29. The molecule has 2 rings (SSSR count). The first-order valence-corrected chi connectivity index (χ1v) is 5.08. The number of aliphatic carboxylic acids is 1. The Bertz CT molecular complexity index is 400. The average molecular weight is 223 g/mol. The normalized spacial score (nSPS) is 19.2. The molecule has 2 heterocycles. The summed E-state index contributed by atoms with van der Waals surface area (Å²) in [6.07, 6.45) is 2.85. The summed E-state index contributed by atoms with van der Waals surface area (Å²) >= 11 is 0. The number of carboxylic acid groups (broad SMARTS) is 1. The van der Waals surface area contributed by atoms with Gasteiger partial charge in [0, 0.05) is 18.7 Å². The van der Waals surface area contributed by atoms with Gasteiger partial charge in [0.25, 0.3) is 0 Å². The number of hydrogen-bond acceptors (Lipinski definition) is 5. The van der Waals surface area contributed by atoms with Crippen molar-refractivity contribution in [1.82, 2.24) is 25.5 Å². The quantitative estimate of drug-likeness (QED) is 0.734. The highest BCUT2D eigenvalue weighted by atomic mass is 16.4. The molecule has 7 nitrogen and oxygen atoms in total. The molecule has 2 N–H and O–H groups in total. The van der Waals surface area contributed by atoms with Crippen molar-refractivity contribution in [3.63, 3.8) is 0 Å². The van der Waals surface area contributed by atoms with Crippen molar-refractivity contribution < 1.29 is 9.90 Å². The van der Waals surface area contributed by atoms with Crippen LogP contribution in [0.1, 0.15) is 19.2 Å². The number of carbonyl (C=O) groups is 1. The van der Waals surface area contributed by atoms with E-state index in [0.717, 1.165) is 18.5 Å². The summed E-state index contributed by atoms with van der Waals surface area (Å²) in [5, 5.41) is 22.5. The summed E-state index contributed by atoms with van der Waals surface area (Å²) in [6.45, 7) is 2.99. The Morgan fingerprint density at radius 2 is 2.50 bits per heavy atom. The second-order valence-corrected chi connectivity index (χ2v) is 3.75. The fourth-order valence-corrected chi connectivity index (χ4v) is 1.72. The summed E-state index contributed by atoms with van der Waals surface area (Å²) in [5.41, 5.74) is 0.948. The largest absolute Gasteiger partial charge is 0.480 e. The smallest absolute Gasteiger partial charge is 0.320 e. The van der Waals surface area contributed by atoms with E-state index in [2.05, 4.69) is 20.6 Å². The molecule has 1 aromatic rings. The Hall–Kier alpha value is -1.76. The van der Waals surface area contributed by atoms with E-state index in [0.29, 0.717) is 12.4 Å². The summed E-state index contributed by atoms with van der Waals surface area (Å²) in [6, 6.07) is -0.486. The van der Waals surface area contributed by atoms with Crippen LogP contribution < -0.4 is 0 Å². The maximum Gasteiger partial charge on any atom is 0.320 e. The third-order valence-electron chi connectivity index (χ3n) is 2.74. The topological polar surface area (TPSA) is 95.0 Å². The third-order valence-corrected chi connectivity index (χ3v) is 2.74. The van der Waals surface area contributed by atoms with E-state index < -0.39 is 12.0 Å². The Labute approximate surface area is 92.1 Å². The first kappa shape index (κ1) is 10.7. The molecule has 1 aliphatic rings. The van der Waals surface area contributed by atoms with Crippen molar-refractivity contribution >= 4 is 11.5 Å². The number of aromatic nitrogens is 4. The first-order chi connectivity index (χ1) is 7.68. The van der Waals surface area contributed by atoms with Crippen molar-refractivity contribution in [2.24, 2.45) is 0 Å². The van der Waals surface area contributed by atoms with E-state index in [4.69, 9.17) is 5.11 Å². The molecule has 0 saturated heterocycles. The highest BCUT2D eigenvalue weighted by Gasteiger charge is 2.24. The highest BCUT2D eigenvalue weighted by molar-refractivity contribution is 5.73. The van der Waals surface area contributed by atoms with Gasteiger partial charge < -0.3 is 5.11 Å². The maximum absolute atomic E-state index is 10.9. The fourth-order valence-electron chi connectivity index (χ4n) is 1.72. The van der Waals surface area contributed by atoms with Gasteiger partial charge in [-0.15, -0.1) is 5.10 Å². The summed E-state index contributed by atoms with van der Waals surface area (Å²) in [7, 11) is 0. The summed E-state index contributed by atoms with van der Waals surface area (Å²) in [5.74, 6) is -0.195. The molecule has 0 aliphatic carbocycles. The van der Waals surface area contributed by atoms with E-state index in [1.54, 1.807) is 6.92 Å². The van der Waals surface area contributed by atoms with Crippen molar-refractivity contribution in [2.45, 2.75) is 19.4 Å². The Morgan fingerprint density at radius 3 is 3.12 bits per heavy atom. The second kappa shape index (κ2) is 4.40. The minimum absolute atomic E-state index is 0.486. The van der Waals surface area contributed by atoms with Crippen molar-refractivity contribution in [1.29, 1.82) is 0 Å². The van der Waals surface area contributed by atoms with E-state index in [1.807, 2.05) is 11.0 Å². The number of carboxylic acids is 1. The summed E-state index contributed by atoms with van der Waals surface area (Å²) in [4.78, 5) is 12.8. The fraction of sp³-hybridized carbons (Fsp3) is 0.556. The Morgan fingerprint density at radius 1 is 1.69 bits per heavy atom. The molecule has 16 heavy (non-hydrogen) atoms. The number of H-pyrrole nitrogens is 1. The van der Waals surface area contributed by atoms with E-state index in [9.17, 15) is 4.79 Å². The van der Waals surface area contributed by atoms with Crippen LogP contribution in [-0.2, 0) is 4.79 Å². The molecule has 1 aliphatic heterocycles. The van der Waals surface area contributed by atoms with Crippen LogP contribution >= 0.6 is 0 Å². The van der Waals surface area contributed by atoms with E-state index in [-0.39, 0.29) is 0 Å². The number of nitrogens with one attached hydrogen (secondary N) is 1. The van der Waals surface area contributed by atoms with Gasteiger partial charge in [-0.3, -0.25) is 9.69 Å². The van der Waals surface area contributed by atoms with Gasteiger partial charge in [0.05, 0.1) is 0 Å². The molecule has 1 unspecified atom stereocenters. The second-order valence-electron chi connectivity index (χ2n) is 3.75. The molecule has 0 saturated carbocycles. The molecule has 0 radical (unpaired) electrons. The van der Waals surface area contributed by atoms with Crippen LogP contribution in [0.4, 0.5) is 0 Å². The van der Waals surface area contributed by atoms with E-state index >= 15 is 0 Å². The lowest BCUT2D eigenvalue weighted by molar-refractivity contribution is -0.142. The molecule has 1 atom stereocenters. The van der Waals surface area contributed by atoms with Gasteiger partial charge in [0.15, 0.2) is 5.82 Å². The number of nitrogens with zero attached hydrogens (tertiary/aromatic N) is 4. The molecule has 0 aromatic carbocycles. The molecular formula is C9H13N5O2. The Balaban J connectivity index is 2.09. The van der Waals surface area contributed by atoms with Gasteiger partial charge in [-0.25, -0.2) is 5.10 Å². The third kappa shape index (κ3) is 2.08. The van der Waals surface area contributed by atoms with Gasteiger partial charge in [-0.2, -0.15) is 0 Å². The first-order valence-electron chi connectivity index (χ1n) is 5.08. The monoisotopic (exact) mass is 223 g/mol. The van der Waals surface area contributed by atoms with E-state index in [1.165, 1.54) is 0 Å². The van der Waals surface area contributed by atoms with Crippen LogP contribution in [0.5, 0.6) is 0 Å². The van der Waals surface area contributed by atoms with Crippen molar-refractivity contribution in [3.8, 4) is 0 Å². The number of aromatic amines is 1. The SMILES string of the molecule is CC(C(=O)O)N1CCC=C(c2nnn[nH]2)C1. The van der Waals surface area contributed by atoms with Gasteiger partial charge in [-0.05, 0) is 23.8 Å². The minimum Gasteiger partial charge on any atom is -0.480 e. The lowest BCUT2D eigenvalue weighted by atomic mass is 10.1. The van der Waals surface area contributed by atoms with Crippen LogP contribution in [-0.4, -0.2) is 55.7 Å². The lowest BCUT2D eigenvalue weighted by Crippen LogP contribution is -2.42. The van der Waals surface area contributed by atoms with Crippen LogP contribution in [0.2, 0.25) is 0 Å². The minimum atomic E-state index is -0.808. The van der Waals surface area contributed by atoms with Gasteiger partial charge in [-0.1, -0.05) is 6.08 Å². The van der Waals surface area contributed by atoms with Crippen LogP contribution in [0.3, 0.4) is 0 Å². The highest BCUT2D eigenvalue weighted by Crippen LogP contribution is 2.18. The average Bonchev–Trinajstić information content (AvgIpc) is 2.81. The van der Waals surface area contributed by atoms with Gasteiger partial charge in [0.2, 0.25) is 0 Å². The van der Waals surface area contributed by atoms with Crippen molar-refractivity contribution in [3.05, 3.63) is 11.9 Å². The zero-order valence-electron chi connectivity index (χ0n) is 8.92. The Kier molecular flexibility index (Phi) is 2.95. The molecule has 0 bridgehead atoms. The number of hydrogen-bond donors (Lipinski definition) is 2. The predicted molar refractivity (Wildman–Crippen MR) is 55.4 cm³/mol. The van der Waals surface area contributed by atoms with Crippen molar-refractivity contribution in [2.75, 3.05) is 13.1 Å². The molecule has 1 aromatic heterocycles. The molecule has 0 fully saturated rings. The molecule has 7 heteroatoms. The van der Waals surface area contributed by atoms with Gasteiger partial charge >= 0.3 is 5.97 Å². The zero-order valence-corrected chi connectivity index (χ0v) is 8.92. The zero-order chi connectivity index (χ0) is 11.5. The van der Waals surface area contributed by atoms with Gasteiger partial charge in [0.1, 0.15) is 6.04 Å². The number of rotatable bonds is 3. The molecule has 0 spiro atoms. The predicted octanol–water partition coefficient (Wildman–Crippen LogP) is -0.238. The molecule has 0 amide bonds. The van der Waals surface area contributed by atoms with Crippen LogP contribution in [0.25, 0.3) is 5.57 Å². The molecule has 86 valence electrons. The number of tetrazole rings is 1.